The van der Waals surface area contributed by atoms with E-state index in [1.807, 2.05) is 31.2 Å². The van der Waals surface area contributed by atoms with E-state index in [-0.39, 0.29) is 11.4 Å². The highest BCUT2D eigenvalue weighted by molar-refractivity contribution is 5.97. The highest BCUT2D eigenvalue weighted by Crippen LogP contribution is 2.12. The first-order valence-corrected chi connectivity index (χ1v) is 7.68. The van der Waals surface area contributed by atoms with Crippen LogP contribution in [0, 0.1) is 6.92 Å². The third kappa shape index (κ3) is 3.72. The summed E-state index contributed by atoms with van der Waals surface area (Å²) in [5, 5.41) is 6.99. The third-order valence-corrected chi connectivity index (χ3v) is 3.58. The molecule has 7 nitrogen and oxygen atoms in total. The molecule has 3 aromatic rings. The van der Waals surface area contributed by atoms with Crippen molar-refractivity contribution in [3.8, 4) is 5.69 Å². The van der Waals surface area contributed by atoms with E-state index in [1.54, 1.807) is 24.5 Å². The minimum absolute atomic E-state index is 0.123. The standard InChI is InChI=1S/C18H17N5O2/c1-12-7-13(10-20-9-12)11-21-18(25)15-8-16(17(19)24)23(22-15)14-5-3-2-4-6-14/h2-10H,11H2,1H3,(H2,19,24)(H,21,25). The molecule has 25 heavy (non-hydrogen) atoms. The molecule has 0 fully saturated rings. The topological polar surface area (TPSA) is 103 Å². The summed E-state index contributed by atoms with van der Waals surface area (Å²) in [6.07, 6.45) is 3.43. The maximum absolute atomic E-state index is 12.4. The van der Waals surface area contributed by atoms with Crippen molar-refractivity contribution in [1.82, 2.24) is 20.1 Å². The molecule has 0 bridgehead atoms. The van der Waals surface area contributed by atoms with Crippen molar-refractivity contribution >= 4 is 11.8 Å². The lowest BCUT2D eigenvalue weighted by molar-refractivity contribution is 0.0944. The molecule has 0 spiro atoms. The quantitative estimate of drug-likeness (QED) is 0.739. The van der Waals surface area contributed by atoms with E-state index in [1.165, 1.54) is 10.7 Å². The Bertz CT molecular complexity index is 918. The summed E-state index contributed by atoms with van der Waals surface area (Å²) in [6, 6.07) is 12.3. The number of nitrogens with one attached hydrogen (secondary N) is 1. The second-order valence-corrected chi connectivity index (χ2v) is 5.58. The molecule has 0 aliphatic rings. The van der Waals surface area contributed by atoms with Crippen LogP contribution >= 0.6 is 0 Å². The summed E-state index contributed by atoms with van der Waals surface area (Å²) < 4.78 is 1.37. The molecule has 0 aliphatic heterocycles. The fourth-order valence-corrected chi connectivity index (χ4v) is 2.42. The van der Waals surface area contributed by atoms with Gasteiger partial charge < -0.3 is 11.1 Å². The number of benzene rings is 1. The molecule has 7 heteroatoms. The van der Waals surface area contributed by atoms with Gasteiger partial charge in [-0.3, -0.25) is 14.6 Å². The predicted molar refractivity (Wildman–Crippen MR) is 92.2 cm³/mol. The number of amides is 2. The number of carbonyl (C=O) groups is 2. The Morgan fingerprint density at radius 2 is 1.92 bits per heavy atom. The summed E-state index contributed by atoms with van der Waals surface area (Å²) in [4.78, 5) is 28.1. The second-order valence-electron chi connectivity index (χ2n) is 5.58. The molecule has 3 rings (SSSR count). The maximum Gasteiger partial charge on any atom is 0.272 e. The van der Waals surface area contributed by atoms with Crippen molar-refractivity contribution < 1.29 is 9.59 Å². The van der Waals surface area contributed by atoms with Crippen LogP contribution in [0.1, 0.15) is 32.1 Å². The Morgan fingerprint density at radius 1 is 1.16 bits per heavy atom. The number of rotatable bonds is 5. The molecule has 2 aromatic heterocycles. The molecule has 1 aromatic carbocycles. The monoisotopic (exact) mass is 335 g/mol. The van der Waals surface area contributed by atoms with Gasteiger partial charge in [-0.15, -0.1) is 0 Å². The fraction of sp³-hybridized carbons (Fsp3) is 0.111. The van der Waals surface area contributed by atoms with Crippen LogP contribution in [0.4, 0.5) is 0 Å². The first-order valence-electron chi connectivity index (χ1n) is 7.68. The maximum atomic E-state index is 12.4. The van der Waals surface area contributed by atoms with Crippen LogP contribution in [0.3, 0.4) is 0 Å². The van der Waals surface area contributed by atoms with Gasteiger partial charge in [-0.2, -0.15) is 5.10 Å². The Balaban J connectivity index is 1.82. The van der Waals surface area contributed by atoms with Crippen molar-refractivity contribution in [2.45, 2.75) is 13.5 Å². The van der Waals surface area contributed by atoms with Gasteiger partial charge in [-0.1, -0.05) is 24.3 Å². The molecule has 126 valence electrons. The number of carbonyl (C=O) groups excluding carboxylic acids is 2. The number of hydrogen-bond donors (Lipinski definition) is 2. The Kier molecular flexibility index (Phi) is 4.56. The molecule has 0 unspecified atom stereocenters. The summed E-state index contributed by atoms with van der Waals surface area (Å²) in [7, 11) is 0. The first kappa shape index (κ1) is 16.4. The highest BCUT2D eigenvalue weighted by Gasteiger charge is 2.18. The van der Waals surface area contributed by atoms with Crippen LogP contribution in [0.5, 0.6) is 0 Å². The SMILES string of the molecule is Cc1cncc(CNC(=O)c2cc(C(N)=O)n(-c3ccccc3)n2)c1. The van der Waals surface area contributed by atoms with E-state index < -0.39 is 11.8 Å². The van der Waals surface area contributed by atoms with E-state index >= 15 is 0 Å². The number of hydrogen-bond acceptors (Lipinski definition) is 4. The normalized spacial score (nSPS) is 10.4. The third-order valence-electron chi connectivity index (χ3n) is 3.58. The molecule has 0 atom stereocenters. The zero-order valence-corrected chi connectivity index (χ0v) is 13.6. The van der Waals surface area contributed by atoms with Crippen LogP contribution in [-0.4, -0.2) is 26.6 Å². The van der Waals surface area contributed by atoms with Crippen LogP contribution in [-0.2, 0) is 6.54 Å². The zero-order valence-electron chi connectivity index (χ0n) is 13.6. The molecule has 0 saturated carbocycles. The van der Waals surface area contributed by atoms with Crippen LogP contribution in [0.2, 0.25) is 0 Å². The number of primary amides is 1. The summed E-state index contributed by atoms with van der Waals surface area (Å²) in [5.41, 5.74) is 8.22. The number of nitrogens with zero attached hydrogens (tertiary/aromatic N) is 3. The Labute approximate surface area is 144 Å². The van der Waals surface area contributed by atoms with Gasteiger partial charge in [0, 0.05) is 25.0 Å². The number of aryl methyl sites for hydroxylation is 1. The van der Waals surface area contributed by atoms with Crippen molar-refractivity contribution in [3.05, 3.63) is 77.4 Å². The lowest BCUT2D eigenvalue weighted by atomic mass is 10.2. The largest absolute Gasteiger partial charge is 0.364 e. The molecule has 0 saturated heterocycles. The predicted octanol–water partition coefficient (Wildman–Crippen LogP) is 1.60. The fourth-order valence-electron chi connectivity index (χ4n) is 2.42. The van der Waals surface area contributed by atoms with Crippen molar-refractivity contribution in [2.75, 3.05) is 0 Å². The molecular weight excluding hydrogens is 318 g/mol. The van der Waals surface area contributed by atoms with Crippen molar-refractivity contribution in [3.63, 3.8) is 0 Å². The summed E-state index contributed by atoms with van der Waals surface area (Å²) in [6.45, 7) is 2.25. The second kappa shape index (κ2) is 6.96. The van der Waals surface area contributed by atoms with Crippen LogP contribution in [0.15, 0.2) is 54.9 Å². The lowest BCUT2D eigenvalue weighted by Gasteiger charge is -2.04. The number of nitrogens with two attached hydrogens (primary N) is 1. The van der Waals surface area contributed by atoms with Gasteiger partial charge in [0.1, 0.15) is 5.69 Å². The smallest absolute Gasteiger partial charge is 0.272 e. The Morgan fingerprint density at radius 3 is 2.60 bits per heavy atom. The van der Waals surface area contributed by atoms with Gasteiger partial charge in [0.25, 0.3) is 11.8 Å². The minimum atomic E-state index is -0.654. The average molecular weight is 335 g/mol. The number of para-hydroxylation sites is 1. The van der Waals surface area contributed by atoms with E-state index in [4.69, 9.17) is 5.73 Å². The number of aromatic nitrogens is 3. The Hall–Kier alpha value is -3.48. The van der Waals surface area contributed by atoms with Gasteiger partial charge in [0.05, 0.1) is 5.69 Å². The van der Waals surface area contributed by atoms with Crippen molar-refractivity contribution in [2.24, 2.45) is 5.73 Å². The van der Waals surface area contributed by atoms with E-state index in [0.29, 0.717) is 12.2 Å². The minimum Gasteiger partial charge on any atom is -0.364 e. The van der Waals surface area contributed by atoms with Gasteiger partial charge in [0.15, 0.2) is 5.69 Å². The van der Waals surface area contributed by atoms with Gasteiger partial charge >= 0.3 is 0 Å². The van der Waals surface area contributed by atoms with E-state index in [2.05, 4.69) is 15.4 Å². The molecule has 0 radical (unpaired) electrons. The highest BCUT2D eigenvalue weighted by atomic mass is 16.2. The number of pyridine rings is 1. The van der Waals surface area contributed by atoms with Crippen molar-refractivity contribution in [1.29, 1.82) is 0 Å². The van der Waals surface area contributed by atoms with Gasteiger partial charge in [0.2, 0.25) is 0 Å². The van der Waals surface area contributed by atoms with E-state index in [0.717, 1.165) is 11.1 Å². The molecule has 2 heterocycles. The van der Waals surface area contributed by atoms with Gasteiger partial charge in [-0.05, 0) is 30.2 Å². The van der Waals surface area contributed by atoms with Crippen LogP contribution < -0.4 is 11.1 Å². The first-order chi connectivity index (χ1) is 12.0. The summed E-state index contributed by atoms with van der Waals surface area (Å²) >= 11 is 0. The molecule has 2 amide bonds. The zero-order chi connectivity index (χ0) is 17.8. The van der Waals surface area contributed by atoms with E-state index in [9.17, 15) is 9.59 Å². The van der Waals surface area contributed by atoms with Crippen LogP contribution in [0.25, 0.3) is 5.69 Å². The lowest BCUT2D eigenvalue weighted by Crippen LogP contribution is -2.23. The molecule has 3 N–H and O–H groups in total. The molecular formula is C18H17N5O2. The molecule has 0 aliphatic carbocycles. The van der Waals surface area contributed by atoms with Gasteiger partial charge in [-0.25, -0.2) is 4.68 Å². The summed E-state index contributed by atoms with van der Waals surface area (Å²) in [5.74, 6) is -1.04. The average Bonchev–Trinajstić information content (AvgIpc) is 3.06.